The first-order chi connectivity index (χ1) is 8.16. The van der Waals surface area contributed by atoms with Crippen molar-refractivity contribution in [1.82, 2.24) is 20.2 Å². The Hall–Kier alpha value is -1.36. The van der Waals surface area contributed by atoms with E-state index in [1.807, 2.05) is 26.4 Å². The van der Waals surface area contributed by atoms with Crippen LogP contribution < -0.4 is 10.6 Å². The Morgan fingerprint density at radius 2 is 2.35 bits per heavy atom. The van der Waals surface area contributed by atoms with Crippen molar-refractivity contribution in [2.24, 2.45) is 0 Å². The Kier molecular flexibility index (Phi) is 3.78. The molecule has 1 aliphatic rings. The summed E-state index contributed by atoms with van der Waals surface area (Å²) in [6.45, 7) is 4.97. The van der Waals surface area contributed by atoms with E-state index < -0.39 is 0 Å². The molecule has 1 amide bonds. The van der Waals surface area contributed by atoms with Crippen molar-refractivity contribution < 1.29 is 4.79 Å². The summed E-state index contributed by atoms with van der Waals surface area (Å²) in [6.07, 6.45) is 6.24. The van der Waals surface area contributed by atoms with Crippen LogP contribution in [0.4, 0.5) is 0 Å². The molecule has 0 unspecified atom stereocenters. The molecule has 17 heavy (non-hydrogen) atoms. The molecule has 1 heterocycles. The van der Waals surface area contributed by atoms with Crippen molar-refractivity contribution in [3.05, 3.63) is 18.2 Å². The van der Waals surface area contributed by atoms with Gasteiger partial charge < -0.3 is 15.2 Å². The molecule has 0 radical (unpaired) electrons. The zero-order valence-corrected chi connectivity index (χ0v) is 10.4. The van der Waals surface area contributed by atoms with Crippen molar-refractivity contribution >= 4 is 5.91 Å². The first kappa shape index (κ1) is 12.1. The van der Waals surface area contributed by atoms with E-state index >= 15 is 0 Å². The van der Waals surface area contributed by atoms with Crippen molar-refractivity contribution in [1.29, 1.82) is 0 Å². The number of carbonyl (C=O) groups excluding carboxylic acids is 1. The van der Waals surface area contributed by atoms with Gasteiger partial charge in [-0.3, -0.25) is 4.79 Å². The van der Waals surface area contributed by atoms with E-state index in [0.717, 1.165) is 5.69 Å². The summed E-state index contributed by atoms with van der Waals surface area (Å²) < 4.78 is 2.20. The van der Waals surface area contributed by atoms with Gasteiger partial charge in [-0.2, -0.15) is 0 Å². The summed E-state index contributed by atoms with van der Waals surface area (Å²) in [5.74, 6) is 0.0393. The van der Waals surface area contributed by atoms with Crippen LogP contribution in [0.1, 0.15) is 38.4 Å². The minimum Gasteiger partial charge on any atom is -0.353 e. The largest absolute Gasteiger partial charge is 0.353 e. The third-order valence-corrected chi connectivity index (χ3v) is 2.73. The Bertz CT molecular complexity index is 382. The second-order valence-corrected chi connectivity index (χ2v) is 4.85. The molecule has 0 spiro atoms. The van der Waals surface area contributed by atoms with Crippen molar-refractivity contribution in [3.8, 4) is 0 Å². The average molecular weight is 236 g/mol. The van der Waals surface area contributed by atoms with E-state index in [1.54, 1.807) is 0 Å². The van der Waals surface area contributed by atoms with E-state index in [-0.39, 0.29) is 11.9 Å². The third-order valence-electron chi connectivity index (χ3n) is 2.73. The Balaban J connectivity index is 1.74. The van der Waals surface area contributed by atoms with Gasteiger partial charge in [0.2, 0.25) is 5.91 Å². The van der Waals surface area contributed by atoms with Gasteiger partial charge in [0, 0.05) is 24.8 Å². The molecule has 0 bridgehead atoms. The zero-order valence-electron chi connectivity index (χ0n) is 10.4. The number of carbonyl (C=O) groups is 1. The number of amides is 1. The maximum atomic E-state index is 11.4. The SMILES string of the molecule is CC(C)NC(=O)CNCc1cncn1C1CC1. The number of rotatable bonds is 6. The molecule has 5 nitrogen and oxygen atoms in total. The number of aromatic nitrogens is 2. The Morgan fingerprint density at radius 1 is 1.59 bits per heavy atom. The van der Waals surface area contributed by atoms with Crippen LogP contribution in [-0.2, 0) is 11.3 Å². The second-order valence-electron chi connectivity index (χ2n) is 4.85. The highest BCUT2D eigenvalue weighted by molar-refractivity contribution is 5.78. The number of nitrogens with zero attached hydrogens (tertiary/aromatic N) is 2. The molecular formula is C12H20N4O. The lowest BCUT2D eigenvalue weighted by atomic mass is 10.4. The van der Waals surface area contributed by atoms with Crippen LogP contribution in [0.2, 0.25) is 0 Å². The number of hydrogen-bond donors (Lipinski definition) is 2. The summed E-state index contributed by atoms with van der Waals surface area (Å²) >= 11 is 0. The molecule has 1 saturated carbocycles. The first-order valence-electron chi connectivity index (χ1n) is 6.17. The highest BCUT2D eigenvalue weighted by Crippen LogP contribution is 2.35. The number of hydrogen-bond acceptors (Lipinski definition) is 3. The zero-order chi connectivity index (χ0) is 12.3. The minimum atomic E-state index is 0.0393. The topological polar surface area (TPSA) is 59.0 Å². The van der Waals surface area contributed by atoms with Crippen LogP contribution in [0.5, 0.6) is 0 Å². The molecule has 0 aliphatic heterocycles. The van der Waals surface area contributed by atoms with Gasteiger partial charge >= 0.3 is 0 Å². The molecule has 0 atom stereocenters. The summed E-state index contributed by atoms with van der Waals surface area (Å²) in [6, 6.07) is 0.833. The molecule has 1 aliphatic carbocycles. The lowest BCUT2D eigenvalue weighted by molar-refractivity contribution is -0.120. The molecule has 94 valence electrons. The molecule has 1 fully saturated rings. The van der Waals surface area contributed by atoms with E-state index in [2.05, 4.69) is 20.2 Å². The molecular weight excluding hydrogens is 216 g/mol. The highest BCUT2D eigenvalue weighted by atomic mass is 16.1. The monoisotopic (exact) mass is 236 g/mol. The minimum absolute atomic E-state index is 0.0393. The van der Waals surface area contributed by atoms with Crippen LogP contribution in [0.3, 0.4) is 0 Å². The standard InChI is InChI=1S/C12H20N4O/c1-9(2)15-12(17)7-13-5-11-6-14-8-16(11)10-3-4-10/h6,8-10,13H,3-5,7H2,1-2H3,(H,15,17). The van der Waals surface area contributed by atoms with Crippen LogP contribution >= 0.6 is 0 Å². The van der Waals surface area contributed by atoms with Gasteiger partial charge in [0.25, 0.3) is 0 Å². The summed E-state index contributed by atoms with van der Waals surface area (Å²) in [5.41, 5.74) is 1.16. The summed E-state index contributed by atoms with van der Waals surface area (Å²) in [4.78, 5) is 15.6. The fraction of sp³-hybridized carbons (Fsp3) is 0.667. The van der Waals surface area contributed by atoms with Crippen LogP contribution in [0.15, 0.2) is 12.5 Å². The van der Waals surface area contributed by atoms with Gasteiger partial charge in [0.05, 0.1) is 18.6 Å². The van der Waals surface area contributed by atoms with E-state index in [4.69, 9.17) is 0 Å². The number of nitrogens with one attached hydrogen (secondary N) is 2. The summed E-state index contributed by atoms with van der Waals surface area (Å²) in [5, 5.41) is 5.99. The van der Waals surface area contributed by atoms with Crippen molar-refractivity contribution in [2.75, 3.05) is 6.54 Å². The molecule has 0 aromatic carbocycles. The van der Waals surface area contributed by atoms with Gasteiger partial charge in [-0.1, -0.05) is 0 Å². The molecule has 1 aromatic rings. The van der Waals surface area contributed by atoms with E-state index in [0.29, 0.717) is 19.1 Å². The fourth-order valence-corrected chi connectivity index (χ4v) is 1.83. The van der Waals surface area contributed by atoms with Gasteiger partial charge in [0.15, 0.2) is 0 Å². The molecule has 2 N–H and O–H groups in total. The lowest BCUT2D eigenvalue weighted by Crippen LogP contribution is -2.37. The maximum Gasteiger partial charge on any atom is 0.234 e. The van der Waals surface area contributed by atoms with Gasteiger partial charge in [-0.15, -0.1) is 0 Å². The number of imidazole rings is 1. The van der Waals surface area contributed by atoms with Crippen molar-refractivity contribution in [3.63, 3.8) is 0 Å². The fourth-order valence-electron chi connectivity index (χ4n) is 1.83. The first-order valence-corrected chi connectivity index (χ1v) is 6.17. The van der Waals surface area contributed by atoms with Crippen LogP contribution in [0, 0.1) is 0 Å². The third kappa shape index (κ3) is 3.56. The summed E-state index contributed by atoms with van der Waals surface area (Å²) in [7, 11) is 0. The van der Waals surface area contributed by atoms with Crippen molar-refractivity contribution in [2.45, 2.75) is 45.3 Å². The Morgan fingerprint density at radius 3 is 3.00 bits per heavy atom. The Labute approximate surface area is 102 Å². The van der Waals surface area contributed by atoms with Crippen LogP contribution in [0.25, 0.3) is 0 Å². The quantitative estimate of drug-likeness (QED) is 0.769. The van der Waals surface area contributed by atoms with E-state index in [1.165, 1.54) is 12.8 Å². The molecule has 1 aromatic heterocycles. The van der Waals surface area contributed by atoms with Gasteiger partial charge in [-0.05, 0) is 26.7 Å². The predicted octanol–water partition coefficient (Wildman–Crippen LogP) is 0.832. The average Bonchev–Trinajstić information content (AvgIpc) is 2.98. The highest BCUT2D eigenvalue weighted by Gasteiger charge is 2.24. The lowest BCUT2D eigenvalue weighted by Gasteiger charge is -2.10. The molecule has 5 heteroatoms. The second kappa shape index (κ2) is 5.31. The maximum absolute atomic E-state index is 11.4. The smallest absolute Gasteiger partial charge is 0.234 e. The van der Waals surface area contributed by atoms with E-state index in [9.17, 15) is 4.79 Å². The predicted molar refractivity (Wildman–Crippen MR) is 65.5 cm³/mol. The van der Waals surface area contributed by atoms with Gasteiger partial charge in [-0.25, -0.2) is 4.98 Å². The van der Waals surface area contributed by atoms with Gasteiger partial charge in [0.1, 0.15) is 0 Å². The molecule has 0 saturated heterocycles. The molecule has 2 rings (SSSR count). The van der Waals surface area contributed by atoms with Crippen LogP contribution in [-0.4, -0.2) is 28.0 Å². The normalized spacial score (nSPS) is 15.2.